The highest BCUT2D eigenvalue weighted by molar-refractivity contribution is 5.46. The van der Waals surface area contributed by atoms with E-state index in [1.807, 2.05) is 12.1 Å². The van der Waals surface area contributed by atoms with Gasteiger partial charge in [0.05, 0.1) is 11.6 Å². The summed E-state index contributed by atoms with van der Waals surface area (Å²) in [6.07, 6.45) is 2.40. The molecule has 2 atom stereocenters. The molecule has 1 saturated heterocycles. The maximum absolute atomic E-state index is 9.13. The Morgan fingerprint density at radius 1 is 1.44 bits per heavy atom. The topological polar surface area (TPSA) is 53.1 Å². The van der Waals surface area contributed by atoms with Gasteiger partial charge in [-0.15, -0.1) is 0 Å². The molecule has 0 bridgehead atoms. The predicted molar refractivity (Wildman–Crippen MR) is 61.5 cm³/mol. The predicted octanol–water partition coefficient (Wildman–Crippen LogP) is 1.54. The molecular formula is C13H15N3. The van der Waals surface area contributed by atoms with Gasteiger partial charge in [-0.25, -0.2) is 0 Å². The van der Waals surface area contributed by atoms with Gasteiger partial charge in [-0.3, -0.25) is 4.90 Å². The lowest BCUT2D eigenvalue weighted by Gasteiger charge is -2.36. The van der Waals surface area contributed by atoms with Crippen molar-refractivity contribution in [1.82, 2.24) is 4.90 Å². The van der Waals surface area contributed by atoms with E-state index in [0.717, 1.165) is 24.2 Å². The average molecular weight is 213 g/mol. The lowest BCUT2D eigenvalue weighted by atomic mass is 9.87. The molecule has 3 rings (SSSR count). The number of nitrogens with two attached hydrogens (primary N) is 1. The summed E-state index contributed by atoms with van der Waals surface area (Å²) in [7, 11) is 0. The van der Waals surface area contributed by atoms with Crippen LogP contribution in [0.4, 0.5) is 0 Å². The Hall–Kier alpha value is -1.37. The van der Waals surface area contributed by atoms with Gasteiger partial charge in [-0.1, -0.05) is 12.1 Å². The molecular weight excluding hydrogens is 198 g/mol. The fraction of sp³-hybridized carbons (Fsp3) is 0.462. The Bertz CT molecular complexity index is 461. The van der Waals surface area contributed by atoms with E-state index in [1.54, 1.807) is 0 Å². The molecule has 0 amide bonds. The second kappa shape index (κ2) is 3.58. The summed E-state index contributed by atoms with van der Waals surface area (Å²) in [4.78, 5) is 2.45. The molecule has 3 nitrogen and oxygen atoms in total. The third-order valence-electron chi connectivity index (χ3n) is 3.85. The van der Waals surface area contributed by atoms with Crippen molar-refractivity contribution in [3.63, 3.8) is 0 Å². The van der Waals surface area contributed by atoms with Crippen LogP contribution in [0.1, 0.15) is 35.6 Å². The van der Waals surface area contributed by atoms with Gasteiger partial charge in [-0.05, 0) is 36.6 Å². The van der Waals surface area contributed by atoms with Gasteiger partial charge in [0.1, 0.15) is 0 Å². The zero-order valence-electron chi connectivity index (χ0n) is 9.19. The normalized spacial score (nSPS) is 28.2. The van der Waals surface area contributed by atoms with Crippen LogP contribution in [0.5, 0.6) is 0 Å². The fourth-order valence-corrected chi connectivity index (χ4v) is 3.11. The van der Waals surface area contributed by atoms with Gasteiger partial charge < -0.3 is 5.73 Å². The maximum Gasteiger partial charge on any atom is 0.0995 e. The molecule has 0 radical (unpaired) electrons. The third kappa shape index (κ3) is 1.27. The Morgan fingerprint density at radius 3 is 3.12 bits per heavy atom. The van der Waals surface area contributed by atoms with E-state index in [9.17, 15) is 0 Å². The highest BCUT2D eigenvalue weighted by Gasteiger charge is 2.36. The minimum atomic E-state index is 0.0158. The first-order valence-corrected chi connectivity index (χ1v) is 5.83. The van der Waals surface area contributed by atoms with E-state index >= 15 is 0 Å². The number of rotatable bonds is 0. The van der Waals surface area contributed by atoms with Crippen LogP contribution in [0.25, 0.3) is 0 Å². The number of benzene rings is 1. The maximum atomic E-state index is 9.13. The molecule has 0 aliphatic carbocycles. The van der Waals surface area contributed by atoms with E-state index in [2.05, 4.69) is 17.0 Å². The van der Waals surface area contributed by atoms with Crippen molar-refractivity contribution in [3.8, 4) is 6.07 Å². The van der Waals surface area contributed by atoms with Crippen LogP contribution in [0.2, 0.25) is 0 Å². The van der Waals surface area contributed by atoms with Crippen LogP contribution in [0.15, 0.2) is 18.2 Å². The molecule has 0 saturated carbocycles. The fourth-order valence-electron chi connectivity index (χ4n) is 3.11. The zero-order chi connectivity index (χ0) is 11.1. The van der Waals surface area contributed by atoms with Gasteiger partial charge in [0.25, 0.3) is 0 Å². The molecule has 2 heterocycles. The van der Waals surface area contributed by atoms with Gasteiger partial charge >= 0.3 is 0 Å². The Morgan fingerprint density at radius 2 is 2.31 bits per heavy atom. The van der Waals surface area contributed by atoms with Crippen LogP contribution in [-0.2, 0) is 6.54 Å². The van der Waals surface area contributed by atoms with E-state index in [4.69, 9.17) is 11.0 Å². The number of nitriles is 1. The van der Waals surface area contributed by atoms with E-state index in [0.29, 0.717) is 6.04 Å². The SMILES string of the molecule is N#Cc1cccc2c1C(N)C1CCCN1C2. The van der Waals surface area contributed by atoms with E-state index in [-0.39, 0.29) is 6.04 Å². The molecule has 16 heavy (non-hydrogen) atoms. The van der Waals surface area contributed by atoms with Crippen LogP contribution in [0, 0.1) is 11.3 Å². The smallest absolute Gasteiger partial charge is 0.0995 e. The molecule has 1 fully saturated rings. The highest BCUT2D eigenvalue weighted by atomic mass is 15.2. The minimum Gasteiger partial charge on any atom is -0.323 e. The van der Waals surface area contributed by atoms with Crippen molar-refractivity contribution in [1.29, 1.82) is 5.26 Å². The van der Waals surface area contributed by atoms with Gasteiger partial charge in [0, 0.05) is 18.6 Å². The number of hydrogen-bond donors (Lipinski definition) is 1. The third-order valence-corrected chi connectivity index (χ3v) is 3.85. The second-order valence-electron chi connectivity index (χ2n) is 4.70. The van der Waals surface area contributed by atoms with Crippen molar-refractivity contribution in [3.05, 3.63) is 34.9 Å². The van der Waals surface area contributed by atoms with Crippen LogP contribution in [0.3, 0.4) is 0 Å². The van der Waals surface area contributed by atoms with Crippen molar-refractivity contribution in [2.24, 2.45) is 5.73 Å². The first-order valence-electron chi connectivity index (χ1n) is 5.83. The summed E-state index contributed by atoms with van der Waals surface area (Å²) < 4.78 is 0. The lowest BCUT2D eigenvalue weighted by molar-refractivity contribution is 0.197. The summed E-state index contributed by atoms with van der Waals surface area (Å²) >= 11 is 0. The largest absolute Gasteiger partial charge is 0.323 e. The van der Waals surface area contributed by atoms with Crippen LogP contribution >= 0.6 is 0 Å². The summed E-state index contributed by atoms with van der Waals surface area (Å²) in [5.41, 5.74) is 9.41. The molecule has 3 heteroatoms. The zero-order valence-corrected chi connectivity index (χ0v) is 9.19. The molecule has 0 aromatic heterocycles. The van der Waals surface area contributed by atoms with Crippen LogP contribution in [-0.4, -0.2) is 17.5 Å². The van der Waals surface area contributed by atoms with E-state index in [1.165, 1.54) is 18.4 Å². The summed E-state index contributed by atoms with van der Waals surface area (Å²) in [6, 6.07) is 8.67. The Labute approximate surface area is 95.5 Å². The Kier molecular flexibility index (Phi) is 2.20. The van der Waals surface area contributed by atoms with Gasteiger partial charge in [0.15, 0.2) is 0 Å². The van der Waals surface area contributed by atoms with Crippen molar-refractivity contribution in [2.45, 2.75) is 31.5 Å². The number of fused-ring (bicyclic) bond motifs is 2. The Balaban J connectivity index is 2.12. The summed E-state index contributed by atoms with van der Waals surface area (Å²) in [6.45, 7) is 2.11. The number of hydrogen-bond acceptors (Lipinski definition) is 3. The lowest BCUT2D eigenvalue weighted by Crippen LogP contribution is -2.42. The quantitative estimate of drug-likeness (QED) is 0.711. The molecule has 82 valence electrons. The molecule has 2 unspecified atom stereocenters. The molecule has 1 aromatic carbocycles. The van der Waals surface area contributed by atoms with Crippen molar-refractivity contribution >= 4 is 0 Å². The molecule has 0 spiro atoms. The minimum absolute atomic E-state index is 0.0158. The monoisotopic (exact) mass is 213 g/mol. The van der Waals surface area contributed by atoms with Gasteiger partial charge in [0.2, 0.25) is 0 Å². The van der Waals surface area contributed by atoms with Crippen molar-refractivity contribution in [2.75, 3.05) is 6.54 Å². The molecule has 2 aliphatic heterocycles. The first-order chi connectivity index (χ1) is 7.81. The van der Waals surface area contributed by atoms with Crippen LogP contribution < -0.4 is 5.73 Å². The standard InChI is InChI=1S/C13H15N3/c14-7-9-3-1-4-10-8-16-6-2-5-11(16)13(15)12(9)10/h1,3-4,11,13H,2,5-6,8,15H2. The molecule has 1 aromatic rings. The number of nitrogens with zero attached hydrogens (tertiary/aromatic N) is 2. The molecule has 2 aliphatic rings. The first kappa shape index (κ1) is 9.83. The highest BCUT2D eigenvalue weighted by Crippen LogP contribution is 2.37. The molecule has 2 N–H and O–H groups in total. The summed E-state index contributed by atoms with van der Waals surface area (Å²) in [5, 5.41) is 9.13. The second-order valence-corrected chi connectivity index (χ2v) is 4.70. The average Bonchev–Trinajstić information content (AvgIpc) is 2.76. The van der Waals surface area contributed by atoms with E-state index < -0.39 is 0 Å². The van der Waals surface area contributed by atoms with Crippen molar-refractivity contribution < 1.29 is 0 Å². The van der Waals surface area contributed by atoms with Gasteiger partial charge in [-0.2, -0.15) is 5.26 Å². The summed E-state index contributed by atoms with van der Waals surface area (Å²) in [5.74, 6) is 0.